The Morgan fingerprint density at radius 3 is 2.17 bits per heavy atom. The molecule has 0 unspecified atom stereocenters. The fourth-order valence-corrected chi connectivity index (χ4v) is 2.70. The van der Waals surface area contributed by atoms with Crippen molar-refractivity contribution in [2.24, 2.45) is 0 Å². The molecule has 3 aromatic rings. The number of hydrogen-bond donors (Lipinski definition) is 1. The smallest absolute Gasteiger partial charge is 0.262 e. The Morgan fingerprint density at radius 2 is 1.41 bits per heavy atom. The van der Waals surface area contributed by atoms with E-state index in [0.717, 1.165) is 12.2 Å². The van der Waals surface area contributed by atoms with E-state index < -0.39 is 0 Å². The first kappa shape index (κ1) is 20.3. The van der Waals surface area contributed by atoms with Crippen LogP contribution < -0.4 is 19.5 Å². The van der Waals surface area contributed by atoms with Crippen molar-refractivity contribution < 1.29 is 19.0 Å². The maximum absolute atomic E-state index is 12.2. The number of rotatable bonds is 10. The van der Waals surface area contributed by atoms with E-state index in [1.54, 1.807) is 6.07 Å². The van der Waals surface area contributed by atoms with Crippen LogP contribution in [0.25, 0.3) is 0 Å². The van der Waals surface area contributed by atoms with Gasteiger partial charge in [-0.15, -0.1) is 0 Å². The van der Waals surface area contributed by atoms with Gasteiger partial charge in [0.25, 0.3) is 5.91 Å². The third-order valence-electron chi connectivity index (χ3n) is 4.16. The average molecular weight is 391 g/mol. The zero-order chi connectivity index (χ0) is 20.3. The van der Waals surface area contributed by atoms with Crippen molar-refractivity contribution in [3.8, 4) is 17.2 Å². The highest BCUT2D eigenvalue weighted by atomic mass is 16.5. The van der Waals surface area contributed by atoms with Gasteiger partial charge in [-0.2, -0.15) is 0 Å². The lowest BCUT2D eigenvalue weighted by Crippen LogP contribution is -2.20. The zero-order valence-corrected chi connectivity index (χ0v) is 16.5. The maximum atomic E-state index is 12.2. The lowest BCUT2D eigenvalue weighted by molar-refractivity contribution is -0.118. The summed E-state index contributed by atoms with van der Waals surface area (Å²) in [5.41, 5.74) is 1.83. The molecule has 5 heteroatoms. The second kappa shape index (κ2) is 10.8. The molecule has 0 heterocycles. The first-order valence-electron chi connectivity index (χ1n) is 9.65. The highest BCUT2D eigenvalue weighted by Gasteiger charge is 2.05. The van der Waals surface area contributed by atoms with Crippen molar-refractivity contribution in [3.05, 3.63) is 84.4 Å². The number of nitrogens with one attached hydrogen (secondary N) is 1. The molecule has 0 saturated heterocycles. The predicted molar refractivity (Wildman–Crippen MR) is 114 cm³/mol. The summed E-state index contributed by atoms with van der Waals surface area (Å²) >= 11 is 0. The molecule has 5 nitrogen and oxygen atoms in total. The number of ether oxygens (including phenoxy) is 3. The van der Waals surface area contributed by atoms with Crippen molar-refractivity contribution in [2.75, 3.05) is 25.1 Å². The molecule has 1 amide bonds. The van der Waals surface area contributed by atoms with Gasteiger partial charge in [0.15, 0.2) is 6.61 Å². The van der Waals surface area contributed by atoms with Crippen LogP contribution in [0.3, 0.4) is 0 Å². The van der Waals surface area contributed by atoms with E-state index in [2.05, 4.69) is 12.2 Å². The number of amides is 1. The fraction of sp³-hybridized carbons (Fsp3) is 0.208. The van der Waals surface area contributed by atoms with Gasteiger partial charge < -0.3 is 19.5 Å². The van der Waals surface area contributed by atoms with Crippen molar-refractivity contribution in [1.29, 1.82) is 0 Å². The molecule has 0 aromatic heterocycles. The summed E-state index contributed by atoms with van der Waals surface area (Å²) in [5.74, 6) is 1.93. The molecule has 0 spiro atoms. The van der Waals surface area contributed by atoms with Crippen molar-refractivity contribution >= 4 is 11.6 Å². The minimum Gasteiger partial charge on any atom is -0.490 e. The third kappa shape index (κ3) is 6.88. The predicted octanol–water partition coefficient (Wildman–Crippen LogP) is 4.72. The molecule has 0 bridgehead atoms. The van der Waals surface area contributed by atoms with E-state index in [9.17, 15) is 4.79 Å². The van der Waals surface area contributed by atoms with Crippen molar-refractivity contribution in [3.63, 3.8) is 0 Å². The monoisotopic (exact) mass is 391 g/mol. The van der Waals surface area contributed by atoms with Gasteiger partial charge in [0.05, 0.1) is 0 Å². The van der Waals surface area contributed by atoms with Crippen LogP contribution in [0.4, 0.5) is 5.69 Å². The maximum Gasteiger partial charge on any atom is 0.262 e. The van der Waals surface area contributed by atoms with Gasteiger partial charge in [-0.1, -0.05) is 43.3 Å². The topological polar surface area (TPSA) is 56.8 Å². The van der Waals surface area contributed by atoms with E-state index in [0.29, 0.717) is 30.4 Å². The van der Waals surface area contributed by atoms with Crippen molar-refractivity contribution in [1.82, 2.24) is 0 Å². The Balaban J connectivity index is 1.43. The normalized spacial score (nSPS) is 10.2. The molecular formula is C24H25NO4. The highest BCUT2D eigenvalue weighted by molar-refractivity contribution is 5.92. The average Bonchev–Trinajstić information content (AvgIpc) is 2.76. The molecule has 0 aliphatic heterocycles. The minimum atomic E-state index is -0.225. The molecule has 0 fully saturated rings. The highest BCUT2D eigenvalue weighted by Crippen LogP contribution is 2.18. The SMILES string of the molecule is CCc1cccc(OCC(=O)Nc2cccc(OCCOc3ccccc3)c2)c1. The Hall–Kier alpha value is -3.47. The minimum absolute atomic E-state index is 0.0524. The van der Waals surface area contributed by atoms with E-state index in [-0.39, 0.29) is 12.5 Å². The van der Waals surface area contributed by atoms with Gasteiger partial charge in [0.1, 0.15) is 30.5 Å². The number of benzene rings is 3. The summed E-state index contributed by atoms with van der Waals surface area (Å²) in [6, 6.07) is 24.6. The zero-order valence-electron chi connectivity index (χ0n) is 16.5. The molecule has 150 valence electrons. The number of aryl methyl sites for hydroxylation is 1. The second-order valence-electron chi connectivity index (χ2n) is 6.38. The molecule has 0 aliphatic carbocycles. The van der Waals surface area contributed by atoms with Crippen LogP contribution in [0.15, 0.2) is 78.9 Å². The van der Waals surface area contributed by atoms with Gasteiger partial charge in [0, 0.05) is 11.8 Å². The van der Waals surface area contributed by atoms with Crippen LogP contribution in [0.2, 0.25) is 0 Å². The van der Waals surface area contributed by atoms with E-state index in [1.807, 2.05) is 72.8 Å². The van der Waals surface area contributed by atoms with Gasteiger partial charge in [0.2, 0.25) is 0 Å². The lowest BCUT2D eigenvalue weighted by atomic mass is 10.2. The summed E-state index contributed by atoms with van der Waals surface area (Å²) in [7, 11) is 0. The molecule has 29 heavy (non-hydrogen) atoms. The lowest BCUT2D eigenvalue weighted by Gasteiger charge is -2.11. The Labute approximate surface area is 171 Å². The van der Waals surface area contributed by atoms with Crippen LogP contribution >= 0.6 is 0 Å². The number of hydrogen-bond acceptors (Lipinski definition) is 4. The molecule has 0 atom stereocenters. The number of para-hydroxylation sites is 1. The van der Waals surface area contributed by atoms with Gasteiger partial charge in [-0.25, -0.2) is 0 Å². The van der Waals surface area contributed by atoms with Crippen LogP contribution in [0.5, 0.6) is 17.2 Å². The Morgan fingerprint density at radius 1 is 0.759 bits per heavy atom. The summed E-state index contributed by atoms with van der Waals surface area (Å²) < 4.78 is 16.9. The molecule has 1 N–H and O–H groups in total. The third-order valence-corrected chi connectivity index (χ3v) is 4.16. The van der Waals surface area contributed by atoms with Crippen molar-refractivity contribution in [2.45, 2.75) is 13.3 Å². The van der Waals surface area contributed by atoms with Crippen LogP contribution in [-0.2, 0) is 11.2 Å². The molecule has 0 saturated carbocycles. The van der Waals surface area contributed by atoms with Crippen LogP contribution in [0, 0.1) is 0 Å². The quantitative estimate of drug-likeness (QED) is 0.508. The standard InChI is InChI=1S/C24H25NO4/c1-2-19-8-6-12-22(16-19)29-18-24(26)25-20-9-7-13-23(17-20)28-15-14-27-21-10-4-3-5-11-21/h3-13,16-17H,2,14-15,18H2,1H3,(H,25,26). The largest absolute Gasteiger partial charge is 0.490 e. The molecule has 0 radical (unpaired) electrons. The summed E-state index contributed by atoms with van der Waals surface area (Å²) in [4.78, 5) is 12.2. The van der Waals surface area contributed by atoms with Crippen LogP contribution in [0.1, 0.15) is 12.5 Å². The number of anilines is 1. The van der Waals surface area contributed by atoms with Gasteiger partial charge in [-0.3, -0.25) is 4.79 Å². The van der Waals surface area contributed by atoms with Crippen LogP contribution in [-0.4, -0.2) is 25.7 Å². The fourth-order valence-electron chi connectivity index (χ4n) is 2.70. The number of carbonyl (C=O) groups is 1. The molecule has 3 rings (SSSR count). The van der Waals surface area contributed by atoms with E-state index >= 15 is 0 Å². The Kier molecular flexibility index (Phi) is 7.52. The first-order chi connectivity index (χ1) is 14.2. The summed E-state index contributed by atoms with van der Waals surface area (Å²) in [6.07, 6.45) is 0.923. The van der Waals surface area contributed by atoms with Gasteiger partial charge >= 0.3 is 0 Å². The summed E-state index contributed by atoms with van der Waals surface area (Å²) in [5, 5.41) is 2.82. The number of carbonyl (C=O) groups excluding carboxylic acids is 1. The molecule has 0 aliphatic rings. The van der Waals surface area contributed by atoms with Gasteiger partial charge in [-0.05, 0) is 48.4 Å². The Bertz CT molecular complexity index is 912. The first-order valence-corrected chi connectivity index (χ1v) is 9.65. The van der Waals surface area contributed by atoms with E-state index in [1.165, 1.54) is 5.56 Å². The second-order valence-corrected chi connectivity index (χ2v) is 6.38. The molecule has 3 aromatic carbocycles. The van der Waals surface area contributed by atoms with E-state index in [4.69, 9.17) is 14.2 Å². The molecular weight excluding hydrogens is 366 g/mol. The summed E-state index contributed by atoms with van der Waals surface area (Å²) in [6.45, 7) is 2.87.